The van der Waals surface area contributed by atoms with Crippen molar-refractivity contribution in [1.29, 1.82) is 0 Å². The predicted molar refractivity (Wildman–Crippen MR) is 44.8 cm³/mol. The van der Waals surface area contributed by atoms with E-state index in [1.54, 1.807) is 0 Å². The van der Waals surface area contributed by atoms with Crippen molar-refractivity contribution in [3.05, 3.63) is 0 Å². The molecule has 10 heavy (non-hydrogen) atoms. The summed E-state index contributed by atoms with van der Waals surface area (Å²) in [6.45, 7) is 9.65. The maximum Gasteiger partial charge on any atom is 0.225 e. The first kappa shape index (κ1) is 9.47. The zero-order valence-corrected chi connectivity index (χ0v) is 7.49. The van der Waals surface area contributed by atoms with Crippen molar-refractivity contribution in [2.24, 2.45) is 5.41 Å². The minimum atomic E-state index is -0.260. The molecule has 0 aromatic heterocycles. The van der Waals surface area contributed by atoms with Crippen molar-refractivity contribution in [3.63, 3.8) is 0 Å². The molecule has 0 fully saturated rings. The molecule has 2 nitrogen and oxygen atoms in total. The SMILES string of the molecule is CC(C)NC(=O)C(C)(C)C.[HH]. The summed E-state index contributed by atoms with van der Waals surface area (Å²) in [6.07, 6.45) is 0. The van der Waals surface area contributed by atoms with Gasteiger partial charge in [-0.25, -0.2) is 0 Å². The normalized spacial score (nSPS) is 11.8. The number of rotatable bonds is 1. The highest BCUT2D eigenvalue weighted by Gasteiger charge is 2.20. The number of nitrogens with one attached hydrogen (secondary N) is 1. The van der Waals surface area contributed by atoms with Gasteiger partial charge in [0.25, 0.3) is 0 Å². The Morgan fingerprint density at radius 3 is 1.90 bits per heavy atom. The van der Waals surface area contributed by atoms with Gasteiger partial charge in [0.05, 0.1) is 0 Å². The fourth-order valence-electron chi connectivity index (χ4n) is 0.479. The smallest absolute Gasteiger partial charge is 0.225 e. The predicted octanol–water partition coefficient (Wildman–Crippen LogP) is 1.80. The second-order valence-corrected chi connectivity index (χ2v) is 3.88. The lowest BCUT2D eigenvalue weighted by atomic mass is 9.95. The molecule has 0 saturated heterocycles. The van der Waals surface area contributed by atoms with Crippen LogP contribution >= 0.6 is 0 Å². The summed E-state index contributed by atoms with van der Waals surface area (Å²) in [7, 11) is 0. The fourth-order valence-corrected chi connectivity index (χ4v) is 0.479. The fraction of sp³-hybridized carbons (Fsp3) is 0.875. The lowest BCUT2D eigenvalue weighted by Crippen LogP contribution is -2.38. The quantitative estimate of drug-likeness (QED) is 0.599. The van der Waals surface area contributed by atoms with Crippen molar-refractivity contribution < 1.29 is 6.22 Å². The molecule has 0 aliphatic carbocycles. The molecule has 62 valence electrons. The minimum Gasteiger partial charge on any atom is -0.353 e. The molecular formula is C8H19NO. The minimum absolute atomic E-state index is 0. The van der Waals surface area contributed by atoms with Gasteiger partial charge in [0, 0.05) is 12.9 Å². The van der Waals surface area contributed by atoms with Crippen molar-refractivity contribution in [2.45, 2.75) is 40.7 Å². The molecule has 0 heterocycles. The summed E-state index contributed by atoms with van der Waals surface area (Å²) in [5.74, 6) is 0.113. The standard InChI is InChI=1S/C8H17NO.H2/c1-6(2)9-7(10)8(3,4)5;/h6H,1-5H3,(H,9,10);1H. The van der Waals surface area contributed by atoms with Crippen molar-refractivity contribution in [2.75, 3.05) is 0 Å². The first-order chi connectivity index (χ1) is 4.34. The van der Waals surface area contributed by atoms with Crippen LogP contribution in [0.3, 0.4) is 0 Å². The highest BCUT2D eigenvalue weighted by atomic mass is 16.2. The molecule has 0 radical (unpaired) electrons. The van der Waals surface area contributed by atoms with Gasteiger partial charge in [-0.05, 0) is 13.8 Å². The highest BCUT2D eigenvalue weighted by molar-refractivity contribution is 5.81. The maximum absolute atomic E-state index is 11.2. The van der Waals surface area contributed by atoms with E-state index in [0.29, 0.717) is 0 Å². The summed E-state index contributed by atoms with van der Waals surface area (Å²) in [5.41, 5.74) is -0.260. The molecule has 0 aromatic carbocycles. The van der Waals surface area contributed by atoms with E-state index in [-0.39, 0.29) is 18.8 Å². The Hall–Kier alpha value is -0.530. The molecule has 0 unspecified atom stereocenters. The lowest BCUT2D eigenvalue weighted by Gasteiger charge is -2.19. The molecule has 0 saturated carbocycles. The van der Waals surface area contributed by atoms with Gasteiger partial charge in [-0.15, -0.1) is 0 Å². The summed E-state index contributed by atoms with van der Waals surface area (Å²) >= 11 is 0. The van der Waals surface area contributed by atoms with Crippen LogP contribution in [0.4, 0.5) is 0 Å². The highest BCUT2D eigenvalue weighted by Crippen LogP contribution is 2.12. The molecule has 0 aliphatic heterocycles. The second kappa shape index (κ2) is 3.04. The van der Waals surface area contributed by atoms with Crippen LogP contribution in [0.25, 0.3) is 0 Å². The van der Waals surface area contributed by atoms with E-state index < -0.39 is 0 Å². The van der Waals surface area contributed by atoms with Gasteiger partial charge in [0.1, 0.15) is 0 Å². The molecule has 0 aromatic rings. The molecule has 0 bridgehead atoms. The lowest BCUT2D eigenvalue weighted by molar-refractivity contribution is -0.129. The molecule has 0 spiro atoms. The maximum atomic E-state index is 11.2. The molecule has 0 atom stereocenters. The third kappa shape index (κ3) is 3.49. The Morgan fingerprint density at radius 2 is 1.80 bits per heavy atom. The van der Waals surface area contributed by atoms with E-state index in [9.17, 15) is 4.79 Å². The van der Waals surface area contributed by atoms with Gasteiger partial charge >= 0.3 is 0 Å². The summed E-state index contributed by atoms with van der Waals surface area (Å²) in [5, 5.41) is 2.84. The number of carbonyl (C=O) groups excluding carboxylic acids is 1. The van der Waals surface area contributed by atoms with Crippen LogP contribution in [0.15, 0.2) is 0 Å². The Bertz CT molecular complexity index is 127. The van der Waals surface area contributed by atoms with E-state index >= 15 is 0 Å². The van der Waals surface area contributed by atoms with E-state index in [1.807, 2.05) is 34.6 Å². The van der Waals surface area contributed by atoms with Crippen LogP contribution in [0.2, 0.25) is 0 Å². The number of amides is 1. The topological polar surface area (TPSA) is 29.1 Å². The summed E-state index contributed by atoms with van der Waals surface area (Å²) < 4.78 is 0. The largest absolute Gasteiger partial charge is 0.353 e. The van der Waals surface area contributed by atoms with Crippen LogP contribution in [0.1, 0.15) is 36.0 Å². The Kier molecular flexibility index (Phi) is 2.88. The molecule has 0 rings (SSSR count). The number of hydrogen-bond donors (Lipinski definition) is 1. The van der Waals surface area contributed by atoms with E-state index in [0.717, 1.165) is 0 Å². The van der Waals surface area contributed by atoms with Crippen LogP contribution in [0.5, 0.6) is 0 Å². The van der Waals surface area contributed by atoms with Crippen molar-refractivity contribution in [3.8, 4) is 0 Å². The zero-order chi connectivity index (χ0) is 8.36. The molecule has 1 amide bonds. The van der Waals surface area contributed by atoms with E-state index in [2.05, 4.69) is 5.32 Å². The van der Waals surface area contributed by atoms with Gasteiger partial charge in [-0.3, -0.25) is 4.79 Å². The molecule has 0 aliphatic rings. The van der Waals surface area contributed by atoms with Gasteiger partial charge in [-0.1, -0.05) is 20.8 Å². The number of hydrogen-bond acceptors (Lipinski definition) is 1. The Labute approximate surface area is 64.5 Å². The van der Waals surface area contributed by atoms with Crippen LogP contribution in [0, 0.1) is 5.41 Å². The molecule has 1 N–H and O–H groups in total. The Balaban J connectivity index is 0. The van der Waals surface area contributed by atoms with Crippen molar-refractivity contribution in [1.82, 2.24) is 5.32 Å². The van der Waals surface area contributed by atoms with Crippen LogP contribution < -0.4 is 5.32 Å². The van der Waals surface area contributed by atoms with Gasteiger partial charge in [-0.2, -0.15) is 0 Å². The monoisotopic (exact) mass is 145 g/mol. The molecule has 2 heteroatoms. The van der Waals surface area contributed by atoms with Gasteiger partial charge < -0.3 is 5.32 Å². The van der Waals surface area contributed by atoms with Gasteiger partial charge in [0.2, 0.25) is 5.91 Å². The third-order valence-electron chi connectivity index (χ3n) is 1.10. The Morgan fingerprint density at radius 1 is 1.40 bits per heavy atom. The van der Waals surface area contributed by atoms with Crippen LogP contribution in [-0.2, 0) is 4.79 Å². The first-order valence-electron chi connectivity index (χ1n) is 3.65. The summed E-state index contributed by atoms with van der Waals surface area (Å²) in [6, 6.07) is 0.242. The zero-order valence-electron chi connectivity index (χ0n) is 7.49. The number of carbonyl (C=O) groups is 1. The first-order valence-corrected chi connectivity index (χ1v) is 3.65. The van der Waals surface area contributed by atoms with E-state index in [4.69, 9.17) is 0 Å². The van der Waals surface area contributed by atoms with Crippen LogP contribution in [-0.4, -0.2) is 11.9 Å². The second-order valence-electron chi connectivity index (χ2n) is 3.88. The van der Waals surface area contributed by atoms with Gasteiger partial charge in [0.15, 0.2) is 0 Å². The summed E-state index contributed by atoms with van der Waals surface area (Å²) in [4.78, 5) is 11.2. The molecular weight excluding hydrogens is 126 g/mol. The van der Waals surface area contributed by atoms with Crippen molar-refractivity contribution >= 4 is 5.91 Å². The van der Waals surface area contributed by atoms with E-state index in [1.165, 1.54) is 0 Å². The average Bonchev–Trinajstić information content (AvgIpc) is 1.60. The average molecular weight is 145 g/mol. The third-order valence-corrected chi connectivity index (χ3v) is 1.10.